The number of ketones is 1. The molecule has 0 aliphatic heterocycles. The van der Waals surface area contributed by atoms with Gasteiger partial charge in [0.05, 0.1) is 10.0 Å². The number of rotatable bonds is 8. The predicted octanol–water partition coefficient (Wildman–Crippen LogP) is 8.61. The minimum absolute atomic E-state index is 0.0784. The lowest BCUT2D eigenvalue weighted by Gasteiger charge is -2.12. The predicted molar refractivity (Wildman–Crippen MR) is 163 cm³/mol. The van der Waals surface area contributed by atoms with Gasteiger partial charge >= 0.3 is 0 Å². The molecule has 0 unspecified atom stereocenters. The van der Waals surface area contributed by atoms with Gasteiger partial charge in [0.25, 0.3) is 11.8 Å². The smallest absolute Gasteiger partial charge is 0.272 e. The van der Waals surface area contributed by atoms with Crippen LogP contribution in [-0.4, -0.2) is 17.6 Å². The van der Waals surface area contributed by atoms with E-state index < -0.39 is 11.8 Å². The Hall–Kier alpha value is -3.87. The molecule has 0 heterocycles. The summed E-state index contributed by atoms with van der Waals surface area (Å²) in [5.74, 6) is -1.37. The lowest BCUT2D eigenvalue weighted by Crippen LogP contribution is -2.30. The molecule has 200 valence electrons. The first-order valence-electron chi connectivity index (χ1n) is 11.8. The summed E-state index contributed by atoms with van der Waals surface area (Å²) in [6.07, 6.45) is 4.38. The van der Waals surface area contributed by atoms with Gasteiger partial charge in [-0.25, -0.2) is 0 Å². The maximum Gasteiger partial charge on any atom is 0.272 e. The van der Waals surface area contributed by atoms with Crippen molar-refractivity contribution in [3.8, 4) is 0 Å². The molecule has 0 bridgehead atoms. The van der Waals surface area contributed by atoms with Gasteiger partial charge in [0.2, 0.25) is 0 Å². The topological polar surface area (TPSA) is 75.3 Å². The van der Waals surface area contributed by atoms with Crippen LogP contribution in [0.25, 0.3) is 12.2 Å². The molecule has 0 atom stereocenters. The molecule has 0 saturated carbocycles. The number of carbonyl (C=O) groups is 3. The van der Waals surface area contributed by atoms with Crippen LogP contribution in [0.5, 0.6) is 0 Å². The fraction of sp³-hybridized carbons (Fsp3) is 0. The molecule has 0 saturated heterocycles. The molecule has 9 heteroatoms. The summed E-state index contributed by atoms with van der Waals surface area (Å²) in [5, 5.41) is 6.72. The average Bonchev–Trinajstić information content (AvgIpc) is 2.95. The number of allylic oxidation sites excluding steroid dienone is 1. The van der Waals surface area contributed by atoms with E-state index in [1.807, 2.05) is 0 Å². The van der Waals surface area contributed by atoms with E-state index in [1.165, 1.54) is 12.2 Å². The molecule has 4 rings (SSSR count). The Labute approximate surface area is 251 Å². The fourth-order valence-electron chi connectivity index (χ4n) is 3.56. The number of hydrogen-bond donors (Lipinski definition) is 2. The molecule has 4 aromatic rings. The Morgan fingerprint density at radius 1 is 0.650 bits per heavy atom. The van der Waals surface area contributed by atoms with Crippen molar-refractivity contribution in [2.75, 3.05) is 5.32 Å². The first-order chi connectivity index (χ1) is 19.2. The quantitative estimate of drug-likeness (QED) is 0.155. The molecule has 2 N–H and O–H groups in total. The van der Waals surface area contributed by atoms with Gasteiger partial charge in [-0.05, 0) is 78.4 Å². The Kier molecular flexibility index (Phi) is 9.80. The van der Waals surface area contributed by atoms with E-state index in [9.17, 15) is 14.4 Å². The van der Waals surface area contributed by atoms with Crippen LogP contribution in [-0.2, 0) is 4.79 Å². The van der Waals surface area contributed by atoms with Crippen molar-refractivity contribution >= 4 is 81.8 Å². The average molecular weight is 610 g/mol. The van der Waals surface area contributed by atoms with Gasteiger partial charge in [-0.1, -0.05) is 82.8 Å². The van der Waals surface area contributed by atoms with Crippen molar-refractivity contribution in [3.63, 3.8) is 0 Å². The SMILES string of the molecule is O=C(Nc1ccc(C(=O)/C=C/c2cccc(Cl)c2Cl)cc1)/C(=C/c1c(Cl)cccc1Cl)NC(=O)c1ccccc1. The molecule has 0 aromatic heterocycles. The third-order valence-corrected chi connectivity index (χ3v) is 7.13. The Bertz CT molecular complexity index is 1610. The maximum atomic E-state index is 13.3. The number of hydrogen-bond acceptors (Lipinski definition) is 3. The molecule has 4 aromatic carbocycles. The summed E-state index contributed by atoms with van der Waals surface area (Å²) in [6, 6.07) is 24.8. The van der Waals surface area contributed by atoms with Gasteiger partial charge < -0.3 is 10.6 Å². The Balaban J connectivity index is 1.53. The molecule has 40 heavy (non-hydrogen) atoms. The zero-order valence-corrected chi connectivity index (χ0v) is 23.7. The second kappa shape index (κ2) is 13.5. The summed E-state index contributed by atoms with van der Waals surface area (Å²) in [4.78, 5) is 38.7. The first kappa shape index (κ1) is 29.1. The number of amides is 2. The number of nitrogens with one attached hydrogen (secondary N) is 2. The van der Waals surface area contributed by atoms with E-state index >= 15 is 0 Å². The van der Waals surface area contributed by atoms with Crippen LogP contribution in [0.15, 0.2) is 103 Å². The highest BCUT2D eigenvalue weighted by Gasteiger charge is 2.17. The van der Waals surface area contributed by atoms with Crippen LogP contribution in [0.2, 0.25) is 20.1 Å². The second-order valence-corrected chi connectivity index (χ2v) is 9.99. The monoisotopic (exact) mass is 608 g/mol. The minimum Gasteiger partial charge on any atom is -0.321 e. The van der Waals surface area contributed by atoms with Crippen molar-refractivity contribution in [1.82, 2.24) is 5.32 Å². The highest BCUT2D eigenvalue weighted by Crippen LogP contribution is 2.28. The largest absolute Gasteiger partial charge is 0.321 e. The fourth-order valence-corrected chi connectivity index (χ4v) is 4.44. The number of anilines is 1. The zero-order valence-electron chi connectivity index (χ0n) is 20.6. The summed E-state index contributed by atoms with van der Waals surface area (Å²) < 4.78 is 0. The van der Waals surface area contributed by atoms with Crippen LogP contribution in [0, 0.1) is 0 Å². The van der Waals surface area contributed by atoms with Crippen LogP contribution in [0.4, 0.5) is 5.69 Å². The molecule has 2 amide bonds. The van der Waals surface area contributed by atoms with E-state index in [1.54, 1.807) is 97.1 Å². The van der Waals surface area contributed by atoms with E-state index in [4.69, 9.17) is 46.4 Å². The molecule has 0 fully saturated rings. The van der Waals surface area contributed by atoms with Gasteiger partial charge in [0.1, 0.15) is 5.70 Å². The highest BCUT2D eigenvalue weighted by atomic mass is 35.5. The highest BCUT2D eigenvalue weighted by molar-refractivity contribution is 6.43. The summed E-state index contributed by atoms with van der Waals surface area (Å²) in [6.45, 7) is 0. The van der Waals surface area contributed by atoms with Crippen molar-refractivity contribution in [2.45, 2.75) is 0 Å². The third-order valence-electron chi connectivity index (χ3n) is 5.64. The van der Waals surface area contributed by atoms with E-state index in [2.05, 4.69) is 10.6 Å². The zero-order chi connectivity index (χ0) is 28.6. The lowest BCUT2D eigenvalue weighted by atomic mass is 10.1. The van der Waals surface area contributed by atoms with Crippen molar-refractivity contribution < 1.29 is 14.4 Å². The number of carbonyl (C=O) groups excluding carboxylic acids is 3. The van der Waals surface area contributed by atoms with Crippen LogP contribution in [0.1, 0.15) is 31.8 Å². The van der Waals surface area contributed by atoms with Crippen LogP contribution < -0.4 is 10.6 Å². The molecule has 0 aliphatic rings. The van der Waals surface area contributed by atoms with Crippen LogP contribution in [0.3, 0.4) is 0 Å². The molecule has 0 aliphatic carbocycles. The standard InChI is InChI=1S/C31H20Cl4N2O3/c32-24-9-5-10-25(33)23(24)18-27(37-30(39)21-6-2-1-3-7-21)31(40)36-22-15-12-19(13-16-22)28(38)17-14-20-8-4-11-26(34)29(20)35/h1-18H,(H,36,40)(H,37,39)/b17-14+,27-18-. The van der Waals surface area contributed by atoms with Gasteiger partial charge in [-0.2, -0.15) is 0 Å². The summed E-state index contributed by atoms with van der Waals surface area (Å²) in [7, 11) is 0. The summed E-state index contributed by atoms with van der Waals surface area (Å²) >= 11 is 24.8. The normalized spacial score (nSPS) is 11.3. The Morgan fingerprint density at radius 2 is 1.27 bits per heavy atom. The van der Waals surface area contributed by atoms with Crippen molar-refractivity contribution in [2.24, 2.45) is 0 Å². The van der Waals surface area contributed by atoms with Gasteiger partial charge in [-0.3, -0.25) is 14.4 Å². The second-order valence-electron chi connectivity index (χ2n) is 8.39. The van der Waals surface area contributed by atoms with Gasteiger partial charge in [-0.15, -0.1) is 0 Å². The number of halogens is 4. The molecule has 0 spiro atoms. The van der Waals surface area contributed by atoms with Crippen molar-refractivity contribution in [3.05, 3.63) is 145 Å². The van der Waals surface area contributed by atoms with Crippen LogP contribution >= 0.6 is 46.4 Å². The van der Waals surface area contributed by atoms with E-state index in [-0.39, 0.29) is 11.5 Å². The van der Waals surface area contributed by atoms with Gasteiger partial charge in [0, 0.05) is 32.4 Å². The molecular formula is C31H20Cl4N2O3. The van der Waals surface area contributed by atoms with Crippen molar-refractivity contribution in [1.29, 1.82) is 0 Å². The Morgan fingerprint density at radius 3 is 1.95 bits per heavy atom. The first-order valence-corrected chi connectivity index (χ1v) is 13.3. The summed E-state index contributed by atoms with van der Waals surface area (Å²) in [5.41, 5.74) is 2.06. The third kappa shape index (κ3) is 7.40. The van der Waals surface area contributed by atoms with Gasteiger partial charge in [0.15, 0.2) is 5.78 Å². The minimum atomic E-state index is -0.616. The molecule has 0 radical (unpaired) electrons. The number of benzene rings is 4. The maximum absolute atomic E-state index is 13.3. The van der Waals surface area contributed by atoms with E-state index in [0.29, 0.717) is 48.0 Å². The van der Waals surface area contributed by atoms with E-state index in [0.717, 1.165) is 0 Å². The molecular weight excluding hydrogens is 590 g/mol. The molecule has 5 nitrogen and oxygen atoms in total. The lowest BCUT2D eigenvalue weighted by molar-refractivity contribution is -0.113.